The average Bonchev–Trinajstić information content (AvgIpc) is 2.84. The minimum Gasteiger partial charge on any atom is -0.318 e. The molecule has 2 saturated heterocycles. The van der Waals surface area contributed by atoms with E-state index in [4.69, 9.17) is 0 Å². The minimum atomic E-state index is -0.0394. The van der Waals surface area contributed by atoms with Gasteiger partial charge in [0.05, 0.1) is 6.04 Å². The Morgan fingerprint density at radius 1 is 1.39 bits per heavy atom. The Morgan fingerprint density at radius 3 is 2.78 bits per heavy atom. The predicted molar refractivity (Wildman–Crippen MR) is 66.2 cm³/mol. The maximum absolute atomic E-state index is 12.2. The fraction of sp³-hybridized carbons (Fsp3) is 0.750. The molecule has 0 spiro atoms. The number of hydrogen-bond acceptors (Lipinski definition) is 4. The van der Waals surface area contributed by atoms with Crippen molar-refractivity contribution in [3.63, 3.8) is 0 Å². The molecule has 0 saturated carbocycles. The van der Waals surface area contributed by atoms with E-state index in [9.17, 15) is 4.79 Å². The van der Waals surface area contributed by atoms with Gasteiger partial charge in [0.1, 0.15) is 12.2 Å². The highest BCUT2D eigenvalue weighted by atomic mass is 16.2. The molecule has 2 atom stereocenters. The van der Waals surface area contributed by atoms with Gasteiger partial charge in [-0.15, -0.1) is 5.10 Å². The summed E-state index contributed by atoms with van der Waals surface area (Å²) in [5.74, 6) is 1.27. The maximum atomic E-state index is 12.2. The van der Waals surface area contributed by atoms with Gasteiger partial charge >= 0.3 is 6.03 Å². The Bertz CT molecular complexity index is 469. The molecule has 1 aromatic rings. The van der Waals surface area contributed by atoms with Crippen LogP contribution >= 0.6 is 0 Å². The zero-order valence-corrected chi connectivity index (χ0v) is 11.1. The van der Waals surface area contributed by atoms with Gasteiger partial charge in [-0.25, -0.2) is 9.78 Å². The average molecular weight is 249 g/mol. The number of carbonyl (C=O) groups excluding carboxylic acids is 1. The van der Waals surface area contributed by atoms with Crippen LogP contribution in [0.15, 0.2) is 6.33 Å². The predicted octanol–water partition coefficient (Wildman–Crippen LogP) is 0.579. The number of rotatable bonds is 1. The van der Waals surface area contributed by atoms with E-state index >= 15 is 0 Å². The monoisotopic (exact) mass is 249 g/mol. The first-order valence-corrected chi connectivity index (χ1v) is 6.49. The molecule has 0 aliphatic carbocycles. The highest BCUT2D eigenvalue weighted by Gasteiger charge is 2.48. The molecule has 2 fully saturated rings. The SMILES string of the molecule is Cc1ncn(C(=O)N2CC3CN(C(C)C)CC32)n1. The van der Waals surface area contributed by atoms with Gasteiger partial charge in [0.2, 0.25) is 0 Å². The standard InChI is InChI=1S/C12H19N5O/c1-8(2)15-4-10-5-16(11(10)6-15)12(18)17-7-13-9(3)14-17/h7-8,10-11H,4-6H2,1-3H3. The summed E-state index contributed by atoms with van der Waals surface area (Å²) in [6.45, 7) is 9.16. The Hall–Kier alpha value is -1.43. The molecule has 98 valence electrons. The quantitative estimate of drug-likeness (QED) is 0.730. The third kappa shape index (κ3) is 1.71. The first kappa shape index (κ1) is 11.6. The smallest absolute Gasteiger partial charge is 0.318 e. The van der Waals surface area contributed by atoms with E-state index in [1.165, 1.54) is 11.0 Å². The van der Waals surface area contributed by atoms with Crippen LogP contribution in [0.4, 0.5) is 4.79 Å². The summed E-state index contributed by atoms with van der Waals surface area (Å²) in [4.78, 5) is 20.6. The number of amides is 1. The molecule has 2 aliphatic heterocycles. The summed E-state index contributed by atoms with van der Waals surface area (Å²) in [6.07, 6.45) is 1.50. The number of aromatic nitrogens is 3. The number of carbonyl (C=O) groups is 1. The number of hydrogen-bond donors (Lipinski definition) is 0. The van der Waals surface area contributed by atoms with Crippen LogP contribution in [-0.4, -0.2) is 62.3 Å². The second-order valence-electron chi connectivity index (χ2n) is 5.55. The van der Waals surface area contributed by atoms with Crippen molar-refractivity contribution in [2.45, 2.75) is 32.9 Å². The van der Waals surface area contributed by atoms with Crippen LogP contribution in [-0.2, 0) is 0 Å². The van der Waals surface area contributed by atoms with Crippen LogP contribution in [0.3, 0.4) is 0 Å². The number of nitrogens with zero attached hydrogens (tertiary/aromatic N) is 5. The molecule has 18 heavy (non-hydrogen) atoms. The van der Waals surface area contributed by atoms with Gasteiger partial charge in [0.15, 0.2) is 0 Å². The van der Waals surface area contributed by atoms with E-state index < -0.39 is 0 Å². The van der Waals surface area contributed by atoms with Gasteiger partial charge in [-0.3, -0.25) is 4.90 Å². The number of likely N-dealkylation sites (tertiary alicyclic amines) is 2. The highest BCUT2D eigenvalue weighted by molar-refractivity contribution is 5.77. The molecule has 6 nitrogen and oxygen atoms in total. The van der Waals surface area contributed by atoms with Crippen LogP contribution in [0.25, 0.3) is 0 Å². The largest absolute Gasteiger partial charge is 0.346 e. The Balaban J connectivity index is 1.68. The fourth-order valence-electron chi connectivity index (χ4n) is 2.88. The lowest BCUT2D eigenvalue weighted by atomic mass is 9.93. The van der Waals surface area contributed by atoms with Crippen LogP contribution in [0.2, 0.25) is 0 Å². The third-order valence-electron chi connectivity index (χ3n) is 4.04. The lowest BCUT2D eigenvalue weighted by Crippen LogP contribution is -2.59. The van der Waals surface area contributed by atoms with Gasteiger partial charge in [-0.1, -0.05) is 0 Å². The first-order valence-electron chi connectivity index (χ1n) is 6.49. The summed E-state index contributed by atoms with van der Waals surface area (Å²) in [6, 6.07) is 0.882. The molecule has 0 N–H and O–H groups in total. The normalized spacial score (nSPS) is 27.4. The van der Waals surface area contributed by atoms with Gasteiger partial charge in [-0.05, 0) is 20.8 Å². The molecule has 0 aromatic carbocycles. The van der Waals surface area contributed by atoms with Crippen molar-refractivity contribution in [3.05, 3.63) is 12.2 Å². The van der Waals surface area contributed by atoms with E-state index in [0.29, 0.717) is 23.8 Å². The molecule has 2 aliphatic rings. The lowest BCUT2D eigenvalue weighted by molar-refractivity contribution is 0.0819. The van der Waals surface area contributed by atoms with Gasteiger partial charge < -0.3 is 4.90 Å². The number of fused-ring (bicyclic) bond motifs is 1. The Labute approximate surface area is 107 Å². The van der Waals surface area contributed by atoms with Crippen LogP contribution in [0.1, 0.15) is 19.7 Å². The van der Waals surface area contributed by atoms with E-state index in [2.05, 4.69) is 28.8 Å². The van der Waals surface area contributed by atoms with Gasteiger partial charge in [0, 0.05) is 31.6 Å². The first-order chi connectivity index (χ1) is 8.56. The van der Waals surface area contributed by atoms with Crippen molar-refractivity contribution in [2.24, 2.45) is 5.92 Å². The van der Waals surface area contributed by atoms with Gasteiger partial charge in [0.25, 0.3) is 0 Å². The van der Waals surface area contributed by atoms with Crippen LogP contribution in [0.5, 0.6) is 0 Å². The van der Waals surface area contributed by atoms with Crippen LogP contribution < -0.4 is 0 Å². The molecule has 0 radical (unpaired) electrons. The molecule has 6 heteroatoms. The zero-order valence-electron chi connectivity index (χ0n) is 11.1. The number of aryl methyl sites for hydroxylation is 1. The maximum Gasteiger partial charge on any atom is 0.346 e. The van der Waals surface area contributed by atoms with E-state index in [0.717, 1.165) is 19.6 Å². The lowest BCUT2D eigenvalue weighted by Gasteiger charge is -2.42. The summed E-state index contributed by atoms with van der Waals surface area (Å²) in [7, 11) is 0. The third-order valence-corrected chi connectivity index (χ3v) is 4.04. The van der Waals surface area contributed by atoms with Crippen molar-refractivity contribution in [2.75, 3.05) is 19.6 Å². The topological polar surface area (TPSA) is 54.3 Å². The molecule has 1 aromatic heterocycles. The molecule has 3 rings (SSSR count). The van der Waals surface area contributed by atoms with E-state index in [1.807, 2.05) is 4.90 Å². The molecule has 0 bridgehead atoms. The molecular formula is C12H19N5O. The molecule has 3 heterocycles. The van der Waals surface area contributed by atoms with Gasteiger partial charge in [-0.2, -0.15) is 4.68 Å². The van der Waals surface area contributed by atoms with E-state index in [1.54, 1.807) is 6.92 Å². The second kappa shape index (κ2) is 4.05. The Kier molecular flexibility index (Phi) is 2.62. The van der Waals surface area contributed by atoms with Crippen molar-refractivity contribution in [1.82, 2.24) is 24.6 Å². The minimum absolute atomic E-state index is 0.0394. The summed E-state index contributed by atoms with van der Waals surface area (Å²) in [5, 5.41) is 4.08. The van der Waals surface area contributed by atoms with Crippen molar-refractivity contribution < 1.29 is 4.79 Å². The van der Waals surface area contributed by atoms with Crippen molar-refractivity contribution in [3.8, 4) is 0 Å². The molecular weight excluding hydrogens is 230 g/mol. The Morgan fingerprint density at radius 2 is 2.17 bits per heavy atom. The summed E-state index contributed by atoms with van der Waals surface area (Å²) < 4.78 is 1.35. The highest BCUT2D eigenvalue weighted by Crippen LogP contribution is 2.33. The zero-order chi connectivity index (χ0) is 12.9. The van der Waals surface area contributed by atoms with Crippen molar-refractivity contribution >= 4 is 6.03 Å². The van der Waals surface area contributed by atoms with Crippen molar-refractivity contribution in [1.29, 1.82) is 0 Å². The molecule has 2 unspecified atom stereocenters. The second-order valence-corrected chi connectivity index (χ2v) is 5.55. The van der Waals surface area contributed by atoms with E-state index in [-0.39, 0.29) is 6.03 Å². The van der Waals surface area contributed by atoms with Crippen LogP contribution in [0, 0.1) is 12.8 Å². The fourth-order valence-corrected chi connectivity index (χ4v) is 2.88. The molecule has 1 amide bonds. The summed E-state index contributed by atoms with van der Waals surface area (Å²) in [5.41, 5.74) is 0. The summed E-state index contributed by atoms with van der Waals surface area (Å²) >= 11 is 0.